The number of hydrogen-bond acceptors (Lipinski definition) is 2. The molecule has 1 saturated heterocycles. The molecule has 1 aromatic rings. The lowest BCUT2D eigenvalue weighted by Gasteiger charge is -2.42. The van der Waals surface area contributed by atoms with Crippen molar-refractivity contribution < 1.29 is 8.42 Å². The van der Waals surface area contributed by atoms with Gasteiger partial charge in [0.15, 0.2) is 0 Å². The molecular weight excluding hydrogens is 308 g/mol. The zero-order valence-electron chi connectivity index (χ0n) is 12.5. The topological polar surface area (TPSA) is 42.3 Å². The van der Waals surface area contributed by atoms with Gasteiger partial charge in [-0.25, -0.2) is 8.42 Å². The third-order valence-electron chi connectivity index (χ3n) is 5.02. The molecule has 0 amide bonds. The Bertz CT molecular complexity index is 609. The van der Waals surface area contributed by atoms with Crippen molar-refractivity contribution >= 4 is 21.6 Å². The van der Waals surface area contributed by atoms with Gasteiger partial charge in [-0.2, -0.15) is 4.31 Å². The van der Waals surface area contributed by atoms with E-state index in [9.17, 15) is 8.42 Å². The van der Waals surface area contributed by atoms with E-state index >= 15 is 0 Å². The summed E-state index contributed by atoms with van der Waals surface area (Å²) >= 11 is 5.86. The molecule has 0 N–H and O–H groups in total. The molecule has 1 saturated carbocycles. The fourth-order valence-electron chi connectivity index (χ4n) is 3.86. The molecule has 2 fully saturated rings. The smallest absolute Gasteiger partial charge is 0.244 e. The number of fused-ring (bicyclic) bond motifs is 1. The van der Waals surface area contributed by atoms with E-state index in [1.807, 2.05) is 11.6 Å². The number of hydrogen-bond donors (Lipinski definition) is 0. The second-order valence-corrected chi connectivity index (χ2v) is 8.44. The number of aromatic nitrogens is 1. The number of alkyl halides is 1. The molecule has 118 valence electrons. The fraction of sp³-hybridized carbons (Fsp3) is 0.733. The maximum absolute atomic E-state index is 13.0. The van der Waals surface area contributed by atoms with Gasteiger partial charge in [0.05, 0.1) is 5.88 Å². The molecule has 0 spiro atoms. The number of piperidine rings is 1. The normalized spacial score (nSPS) is 27.5. The van der Waals surface area contributed by atoms with Gasteiger partial charge in [-0.15, -0.1) is 11.6 Å². The molecule has 0 radical (unpaired) electrons. The van der Waals surface area contributed by atoms with Gasteiger partial charge in [0, 0.05) is 31.5 Å². The first-order chi connectivity index (χ1) is 10.0. The molecular formula is C15H23ClN2O2S. The number of nitrogens with zero attached hydrogens (tertiary/aromatic N) is 2. The van der Waals surface area contributed by atoms with Gasteiger partial charge < -0.3 is 4.57 Å². The van der Waals surface area contributed by atoms with E-state index in [0.29, 0.717) is 23.2 Å². The van der Waals surface area contributed by atoms with Crippen LogP contribution in [0.5, 0.6) is 0 Å². The monoisotopic (exact) mass is 330 g/mol. The first-order valence-corrected chi connectivity index (χ1v) is 9.74. The van der Waals surface area contributed by atoms with Crippen LogP contribution in [-0.2, 0) is 23.0 Å². The highest BCUT2D eigenvalue weighted by Gasteiger charge is 2.40. The largest absolute Gasteiger partial charge is 0.352 e. The van der Waals surface area contributed by atoms with Crippen LogP contribution in [-0.4, -0.2) is 29.9 Å². The second-order valence-electron chi connectivity index (χ2n) is 6.28. The lowest BCUT2D eigenvalue weighted by Crippen LogP contribution is -2.49. The third kappa shape index (κ3) is 2.76. The number of aryl methyl sites for hydroxylation is 1. The summed E-state index contributed by atoms with van der Waals surface area (Å²) in [6.45, 7) is 0.661. The van der Waals surface area contributed by atoms with Crippen LogP contribution in [0, 0.1) is 5.92 Å². The predicted molar refractivity (Wildman–Crippen MR) is 83.8 cm³/mol. The third-order valence-corrected chi connectivity index (χ3v) is 7.18. The summed E-state index contributed by atoms with van der Waals surface area (Å²) < 4.78 is 29.6. The molecule has 0 bridgehead atoms. The lowest BCUT2D eigenvalue weighted by molar-refractivity contribution is 0.129. The molecule has 1 aliphatic carbocycles. The van der Waals surface area contributed by atoms with Crippen molar-refractivity contribution in [2.75, 3.05) is 6.54 Å². The van der Waals surface area contributed by atoms with Crippen LogP contribution < -0.4 is 0 Å². The Kier molecular flexibility index (Phi) is 4.35. The van der Waals surface area contributed by atoms with Gasteiger partial charge in [0.25, 0.3) is 0 Å². The number of rotatable bonds is 3. The molecule has 2 aliphatic rings. The summed E-state index contributed by atoms with van der Waals surface area (Å²) in [4.78, 5) is 0.395. The number of halogens is 1. The van der Waals surface area contributed by atoms with Crippen LogP contribution in [0.3, 0.4) is 0 Å². The van der Waals surface area contributed by atoms with E-state index in [1.165, 1.54) is 19.3 Å². The summed E-state index contributed by atoms with van der Waals surface area (Å²) in [5, 5.41) is 0. The molecule has 4 nitrogen and oxygen atoms in total. The van der Waals surface area contributed by atoms with Crippen LogP contribution in [0.25, 0.3) is 0 Å². The van der Waals surface area contributed by atoms with Crippen LogP contribution in [0.2, 0.25) is 0 Å². The highest BCUT2D eigenvalue weighted by molar-refractivity contribution is 7.89. The molecule has 1 aliphatic heterocycles. The zero-order chi connectivity index (χ0) is 15.0. The van der Waals surface area contributed by atoms with Gasteiger partial charge in [0.1, 0.15) is 4.90 Å². The summed E-state index contributed by atoms with van der Waals surface area (Å²) in [6.07, 6.45) is 8.44. The van der Waals surface area contributed by atoms with Crippen LogP contribution in [0.4, 0.5) is 0 Å². The fourth-order valence-corrected chi connectivity index (χ4v) is 5.98. The van der Waals surface area contributed by atoms with E-state index in [2.05, 4.69) is 0 Å². The quantitative estimate of drug-likeness (QED) is 0.799. The maximum Gasteiger partial charge on any atom is 0.244 e. The van der Waals surface area contributed by atoms with Crippen molar-refractivity contribution in [1.82, 2.24) is 8.87 Å². The Balaban J connectivity index is 1.92. The van der Waals surface area contributed by atoms with Crippen LogP contribution in [0.1, 0.15) is 44.2 Å². The van der Waals surface area contributed by atoms with Gasteiger partial charge in [-0.1, -0.05) is 12.8 Å². The summed E-state index contributed by atoms with van der Waals surface area (Å²) in [7, 11) is -1.55. The first-order valence-electron chi connectivity index (χ1n) is 7.77. The Morgan fingerprint density at radius 1 is 1.24 bits per heavy atom. The lowest BCUT2D eigenvalue weighted by atomic mass is 9.79. The highest BCUT2D eigenvalue weighted by Crippen LogP contribution is 2.38. The van der Waals surface area contributed by atoms with Crippen molar-refractivity contribution in [2.24, 2.45) is 13.0 Å². The molecule has 3 rings (SSSR count). The zero-order valence-corrected chi connectivity index (χ0v) is 14.0. The van der Waals surface area contributed by atoms with E-state index in [-0.39, 0.29) is 6.04 Å². The average Bonchev–Trinajstić information content (AvgIpc) is 2.88. The molecule has 1 aromatic heterocycles. The van der Waals surface area contributed by atoms with Crippen molar-refractivity contribution in [3.63, 3.8) is 0 Å². The van der Waals surface area contributed by atoms with Crippen LogP contribution >= 0.6 is 11.6 Å². The van der Waals surface area contributed by atoms with Gasteiger partial charge in [-0.05, 0) is 37.7 Å². The van der Waals surface area contributed by atoms with Crippen molar-refractivity contribution in [3.05, 3.63) is 18.0 Å². The highest BCUT2D eigenvalue weighted by atomic mass is 35.5. The molecule has 21 heavy (non-hydrogen) atoms. The summed E-state index contributed by atoms with van der Waals surface area (Å²) in [5.74, 6) is 0.886. The van der Waals surface area contributed by atoms with Crippen molar-refractivity contribution in [3.8, 4) is 0 Å². The predicted octanol–water partition coefficient (Wildman–Crippen LogP) is 3.11. The van der Waals surface area contributed by atoms with Gasteiger partial charge in [0.2, 0.25) is 10.0 Å². The van der Waals surface area contributed by atoms with E-state index < -0.39 is 10.0 Å². The Labute approximate surface area is 132 Å². The summed E-state index contributed by atoms with van der Waals surface area (Å²) in [6, 6.07) is 1.92. The Morgan fingerprint density at radius 3 is 2.67 bits per heavy atom. The minimum atomic E-state index is -3.39. The summed E-state index contributed by atoms with van der Waals surface area (Å²) in [5.41, 5.74) is 0.840. The SMILES string of the molecule is Cn1cc(S(=O)(=O)N2CCC[C@H]3CCCC[C@H]32)cc1CCl. The molecule has 2 heterocycles. The van der Waals surface area contributed by atoms with Gasteiger partial charge in [-0.3, -0.25) is 0 Å². The van der Waals surface area contributed by atoms with Crippen molar-refractivity contribution in [1.29, 1.82) is 0 Å². The van der Waals surface area contributed by atoms with Crippen LogP contribution in [0.15, 0.2) is 17.2 Å². The number of sulfonamides is 1. The Hall–Kier alpha value is -0.520. The second kappa shape index (κ2) is 5.94. The van der Waals surface area contributed by atoms with Crippen molar-refractivity contribution in [2.45, 2.75) is 55.3 Å². The van der Waals surface area contributed by atoms with E-state index in [4.69, 9.17) is 11.6 Å². The average molecular weight is 331 g/mol. The first kappa shape index (κ1) is 15.4. The molecule has 2 atom stereocenters. The van der Waals surface area contributed by atoms with E-state index in [1.54, 1.807) is 16.6 Å². The maximum atomic E-state index is 13.0. The molecule has 6 heteroatoms. The van der Waals surface area contributed by atoms with Gasteiger partial charge >= 0.3 is 0 Å². The minimum Gasteiger partial charge on any atom is -0.352 e. The standard InChI is InChI=1S/C15H23ClN2O2S/c1-17-11-14(9-13(17)10-16)21(19,20)18-8-4-6-12-5-2-3-7-15(12)18/h9,11-12,15H,2-8,10H2,1H3/t12-,15-/m1/s1. The van der Waals surface area contributed by atoms with E-state index in [0.717, 1.165) is 25.0 Å². The molecule has 0 aromatic carbocycles. The minimum absolute atomic E-state index is 0.206. The molecule has 0 unspecified atom stereocenters. The Morgan fingerprint density at radius 2 is 1.95 bits per heavy atom.